The number of aliphatic hydroxyl groups is 1. The summed E-state index contributed by atoms with van der Waals surface area (Å²) in [6, 6.07) is 0. The van der Waals surface area contributed by atoms with Crippen LogP contribution < -0.4 is 5.48 Å². The van der Waals surface area contributed by atoms with E-state index in [1.165, 1.54) is 0 Å². The number of hydroxylamine groups is 1. The van der Waals surface area contributed by atoms with Gasteiger partial charge in [0.1, 0.15) is 0 Å². The van der Waals surface area contributed by atoms with Crippen molar-refractivity contribution >= 4 is 0 Å². The molecule has 0 unspecified atom stereocenters. The Morgan fingerprint density at radius 3 is 2.44 bits per heavy atom. The Balaban J connectivity index is 3.33. The molecule has 3 heteroatoms. The van der Waals surface area contributed by atoms with E-state index in [1.54, 1.807) is 0 Å². The molecule has 0 bridgehead atoms. The molecule has 0 aromatic rings. The highest BCUT2D eigenvalue weighted by atomic mass is 16.6. The monoisotopic (exact) mass is 133 g/mol. The highest BCUT2D eigenvalue weighted by Crippen LogP contribution is 1.98. The average Bonchev–Trinajstić information content (AvgIpc) is 1.84. The fourth-order valence-corrected chi connectivity index (χ4v) is 0.300. The van der Waals surface area contributed by atoms with Gasteiger partial charge in [-0.2, -0.15) is 5.48 Å². The Morgan fingerprint density at radius 1 is 1.56 bits per heavy atom. The Kier molecular flexibility index (Phi) is 3.77. The molecule has 0 aromatic heterocycles. The van der Waals surface area contributed by atoms with Crippen molar-refractivity contribution in [3.05, 3.63) is 0 Å². The summed E-state index contributed by atoms with van der Waals surface area (Å²) in [6.07, 6.45) is 0. The van der Waals surface area contributed by atoms with Gasteiger partial charge in [-0.3, -0.25) is 0 Å². The fraction of sp³-hybridized carbons (Fsp3) is 1.00. The first kappa shape index (κ1) is 8.88. The van der Waals surface area contributed by atoms with E-state index in [2.05, 4.69) is 5.48 Å². The fourth-order valence-electron chi connectivity index (χ4n) is 0.300. The smallest absolute Gasteiger partial charge is 0.0654 e. The molecule has 9 heavy (non-hydrogen) atoms. The maximum Gasteiger partial charge on any atom is 0.0654 e. The molecule has 0 saturated carbocycles. The van der Waals surface area contributed by atoms with Gasteiger partial charge in [-0.15, -0.1) is 0 Å². The van der Waals surface area contributed by atoms with Crippen LogP contribution in [-0.2, 0) is 4.84 Å². The summed E-state index contributed by atoms with van der Waals surface area (Å²) in [7, 11) is 0. The highest BCUT2D eigenvalue weighted by Gasteiger charge is 2.14. The van der Waals surface area contributed by atoms with E-state index in [-0.39, 0.29) is 12.1 Å². The third kappa shape index (κ3) is 4.39. The molecule has 0 rings (SSSR count). The zero-order valence-electron chi connectivity index (χ0n) is 6.27. The van der Waals surface area contributed by atoms with E-state index >= 15 is 0 Å². The number of aliphatic hydroxyl groups excluding tert-OH is 1. The van der Waals surface area contributed by atoms with Crippen molar-refractivity contribution in [2.24, 2.45) is 0 Å². The first-order valence-corrected chi connectivity index (χ1v) is 3.12. The van der Waals surface area contributed by atoms with Crippen molar-refractivity contribution in [1.82, 2.24) is 5.48 Å². The molecule has 0 heterocycles. The molecule has 3 nitrogen and oxygen atoms in total. The lowest BCUT2D eigenvalue weighted by molar-refractivity contribution is -0.0236. The number of rotatable bonds is 4. The lowest BCUT2D eigenvalue weighted by Gasteiger charge is -2.21. The van der Waals surface area contributed by atoms with Crippen molar-refractivity contribution < 1.29 is 9.94 Å². The summed E-state index contributed by atoms with van der Waals surface area (Å²) < 4.78 is 0. The maximum atomic E-state index is 8.68. The van der Waals surface area contributed by atoms with Crippen LogP contribution in [-0.4, -0.2) is 23.9 Å². The minimum atomic E-state index is -0.323. The van der Waals surface area contributed by atoms with Crippen molar-refractivity contribution in [2.75, 3.05) is 13.2 Å². The third-order valence-electron chi connectivity index (χ3n) is 0.888. The Labute approximate surface area is 56.0 Å². The highest BCUT2D eigenvalue weighted by molar-refractivity contribution is 4.70. The van der Waals surface area contributed by atoms with E-state index < -0.39 is 0 Å². The van der Waals surface area contributed by atoms with Gasteiger partial charge < -0.3 is 9.94 Å². The van der Waals surface area contributed by atoms with Crippen molar-refractivity contribution in [3.8, 4) is 0 Å². The van der Waals surface area contributed by atoms with Gasteiger partial charge in [-0.1, -0.05) is 0 Å². The second-order valence-electron chi connectivity index (χ2n) is 2.58. The molecule has 0 aliphatic carbocycles. The molecule has 0 aromatic carbocycles. The van der Waals surface area contributed by atoms with Crippen molar-refractivity contribution in [1.29, 1.82) is 0 Å². The second kappa shape index (κ2) is 3.82. The molecule has 56 valence electrons. The standard InChI is InChI=1S/C6H15NO2/c1-4-9-7-6(2,3)5-8/h7-8H,4-5H2,1-3H3. The molecule has 0 atom stereocenters. The number of hydrogen-bond donors (Lipinski definition) is 2. The summed E-state index contributed by atoms with van der Waals surface area (Å²) in [5, 5.41) is 8.68. The molecule has 0 radical (unpaired) electrons. The Morgan fingerprint density at radius 2 is 2.11 bits per heavy atom. The lowest BCUT2D eigenvalue weighted by Crippen LogP contribution is -2.42. The van der Waals surface area contributed by atoms with Gasteiger partial charge in [0.15, 0.2) is 0 Å². The molecule has 0 aliphatic heterocycles. The van der Waals surface area contributed by atoms with Gasteiger partial charge in [-0.25, -0.2) is 0 Å². The number of hydrogen-bond acceptors (Lipinski definition) is 3. The summed E-state index contributed by atoms with van der Waals surface area (Å²) in [6.45, 7) is 6.31. The van der Waals surface area contributed by atoms with Gasteiger partial charge in [0.05, 0.1) is 18.8 Å². The molecule has 0 spiro atoms. The zero-order chi connectivity index (χ0) is 7.33. The third-order valence-corrected chi connectivity index (χ3v) is 0.888. The molecule has 0 saturated heterocycles. The first-order chi connectivity index (χ1) is 4.12. The quantitative estimate of drug-likeness (QED) is 0.542. The largest absolute Gasteiger partial charge is 0.394 e. The maximum absolute atomic E-state index is 8.68. The number of nitrogens with one attached hydrogen (secondary N) is 1. The predicted molar refractivity (Wildman–Crippen MR) is 35.9 cm³/mol. The molecular weight excluding hydrogens is 118 g/mol. The van der Waals surface area contributed by atoms with Crippen LogP contribution in [0, 0.1) is 0 Å². The Bertz CT molecular complexity index is 73.5. The molecule has 0 aliphatic rings. The summed E-state index contributed by atoms with van der Waals surface area (Å²) >= 11 is 0. The second-order valence-corrected chi connectivity index (χ2v) is 2.58. The zero-order valence-corrected chi connectivity index (χ0v) is 6.27. The van der Waals surface area contributed by atoms with E-state index in [1.807, 2.05) is 20.8 Å². The molecule has 0 amide bonds. The van der Waals surface area contributed by atoms with Crippen LogP contribution in [0.5, 0.6) is 0 Å². The van der Waals surface area contributed by atoms with E-state index in [0.717, 1.165) is 0 Å². The van der Waals surface area contributed by atoms with Crippen molar-refractivity contribution in [2.45, 2.75) is 26.3 Å². The van der Waals surface area contributed by atoms with Gasteiger partial charge >= 0.3 is 0 Å². The molecule has 2 N–H and O–H groups in total. The van der Waals surface area contributed by atoms with Crippen LogP contribution in [0.4, 0.5) is 0 Å². The SMILES string of the molecule is CCONC(C)(C)CO. The van der Waals surface area contributed by atoms with E-state index in [0.29, 0.717) is 6.61 Å². The van der Waals surface area contributed by atoms with Crippen LogP contribution in [0.15, 0.2) is 0 Å². The van der Waals surface area contributed by atoms with Gasteiger partial charge in [0.2, 0.25) is 0 Å². The van der Waals surface area contributed by atoms with Crippen LogP contribution >= 0.6 is 0 Å². The van der Waals surface area contributed by atoms with Gasteiger partial charge in [0.25, 0.3) is 0 Å². The average molecular weight is 133 g/mol. The Hall–Kier alpha value is -0.120. The lowest BCUT2D eigenvalue weighted by atomic mass is 10.1. The van der Waals surface area contributed by atoms with Crippen LogP contribution in [0.1, 0.15) is 20.8 Å². The van der Waals surface area contributed by atoms with Crippen molar-refractivity contribution in [3.63, 3.8) is 0 Å². The first-order valence-electron chi connectivity index (χ1n) is 3.12. The van der Waals surface area contributed by atoms with Gasteiger partial charge in [-0.05, 0) is 20.8 Å². The van der Waals surface area contributed by atoms with Crippen LogP contribution in [0.25, 0.3) is 0 Å². The summed E-state index contributed by atoms with van der Waals surface area (Å²) in [4.78, 5) is 4.88. The molecular formula is C6H15NO2. The minimum Gasteiger partial charge on any atom is -0.394 e. The normalized spacial score (nSPS) is 12.0. The van der Waals surface area contributed by atoms with Crippen LogP contribution in [0.2, 0.25) is 0 Å². The topological polar surface area (TPSA) is 41.5 Å². The summed E-state index contributed by atoms with van der Waals surface area (Å²) in [5.74, 6) is 0. The minimum absolute atomic E-state index is 0.0764. The summed E-state index contributed by atoms with van der Waals surface area (Å²) in [5.41, 5.74) is 2.38. The predicted octanol–water partition coefficient (Wildman–Crippen LogP) is 0.298. The molecule has 0 fully saturated rings. The van der Waals surface area contributed by atoms with Gasteiger partial charge in [0, 0.05) is 0 Å². The van der Waals surface area contributed by atoms with Crippen LogP contribution in [0.3, 0.4) is 0 Å². The van der Waals surface area contributed by atoms with E-state index in [4.69, 9.17) is 9.94 Å². The van der Waals surface area contributed by atoms with E-state index in [9.17, 15) is 0 Å².